The predicted octanol–water partition coefficient (Wildman–Crippen LogP) is 3.44. The molecule has 0 atom stereocenters. The van der Waals surface area contributed by atoms with Crippen molar-refractivity contribution in [3.63, 3.8) is 0 Å². The standard InChI is InChI=1S/C27H24N4O9P2/c32-25(28-19-7-11-23(12-8-19)41(35,36)37)17-3-1-5-21(15-17)30-27(34)31-22-6-2-4-18(16-22)26(33)29-20-9-13-24(14-10-20)42(38,39)40/h1-16H,(H,28,32)(H,29,33)(H2,30,31,34)(H2,35,36,37)(H2,38,39,40). The predicted molar refractivity (Wildman–Crippen MR) is 158 cm³/mol. The summed E-state index contributed by atoms with van der Waals surface area (Å²) in [6.07, 6.45) is 0. The number of amides is 4. The van der Waals surface area contributed by atoms with Crippen LogP contribution in [-0.2, 0) is 9.13 Å². The van der Waals surface area contributed by atoms with Gasteiger partial charge < -0.3 is 40.8 Å². The Kier molecular flexibility index (Phi) is 9.03. The van der Waals surface area contributed by atoms with E-state index in [9.17, 15) is 43.1 Å². The molecule has 4 aromatic carbocycles. The minimum atomic E-state index is -4.41. The summed E-state index contributed by atoms with van der Waals surface area (Å²) in [4.78, 5) is 74.7. The Balaban J connectivity index is 1.36. The van der Waals surface area contributed by atoms with E-state index in [0.29, 0.717) is 22.7 Å². The van der Waals surface area contributed by atoms with Gasteiger partial charge in [0.15, 0.2) is 0 Å². The molecule has 4 aromatic rings. The molecule has 0 aliphatic heterocycles. The van der Waals surface area contributed by atoms with E-state index in [1.165, 1.54) is 72.8 Å². The number of hydrogen-bond acceptors (Lipinski definition) is 5. The lowest BCUT2D eigenvalue weighted by Gasteiger charge is -2.11. The smallest absolute Gasteiger partial charge is 0.322 e. The molecule has 4 rings (SSSR count). The molecule has 8 N–H and O–H groups in total. The van der Waals surface area contributed by atoms with Crippen molar-refractivity contribution >= 4 is 66.4 Å². The van der Waals surface area contributed by atoms with Crippen LogP contribution in [0.2, 0.25) is 0 Å². The van der Waals surface area contributed by atoms with Crippen molar-refractivity contribution in [2.75, 3.05) is 21.3 Å². The number of anilines is 4. The summed E-state index contributed by atoms with van der Waals surface area (Å²) in [5.41, 5.74) is 1.64. The van der Waals surface area contributed by atoms with Crippen LogP contribution in [-0.4, -0.2) is 37.4 Å². The van der Waals surface area contributed by atoms with Crippen LogP contribution in [0.3, 0.4) is 0 Å². The van der Waals surface area contributed by atoms with Gasteiger partial charge in [-0.3, -0.25) is 18.7 Å². The number of benzene rings is 4. The Morgan fingerprint density at radius 1 is 0.476 bits per heavy atom. The van der Waals surface area contributed by atoms with E-state index in [2.05, 4.69) is 21.3 Å². The molecule has 13 nitrogen and oxygen atoms in total. The van der Waals surface area contributed by atoms with Gasteiger partial charge in [0.1, 0.15) is 0 Å². The lowest BCUT2D eigenvalue weighted by Crippen LogP contribution is -2.20. The Hall–Kier alpha value is -4.61. The number of rotatable bonds is 8. The summed E-state index contributed by atoms with van der Waals surface area (Å²) in [6, 6.07) is 21.8. The largest absolute Gasteiger partial charge is 0.356 e. The average molecular weight is 610 g/mol. The molecule has 0 bridgehead atoms. The first-order valence-electron chi connectivity index (χ1n) is 12.0. The van der Waals surface area contributed by atoms with Crippen molar-refractivity contribution in [1.82, 2.24) is 0 Å². The Morgan fingerprint density at radius 3 is 1.17 bits per heavy atom. The first kappa shape index (κ1) is 30.4. The number of hydrogen-bond donors (Lipinski definition) is 8. The molecule has 0 spiro atoms. The normalized spacial score (nSPS) is 11.3. The van der Waals surface area contributed by atoms with E-state index in [4.69, 9.17) is 0 Å². The van der Waals surface area contributed by atoms with Crippen LogP contribution < -0.4 is 31.9 Å². The molecule has 216 valence electrons. The van der Waals surface area contributed by atoms with Crippen molar-refractivity contribution in [2.45, 2.75) is 0 Å². The van der Waals surface area contributed by atoms with E-state index in [1.54, 1.807) is 24.3 Å². The fourth-order valence-corrected chi connectivity index (χ4v) is 4.73. The highest BCUT2D eigenvalue weighted by molar-refractivity contribution is 7.60. The zero-order valence-electron chi connectivity index (χ0n) is 21.5. The molecule has 0 unspecified atom stereocenters. The van der Waals surface area contributed by atoms with Crippen molar-refractivity contribution in [1.29, 1.82) is 0 Å². The number of urea groups is 1. The van der Waals surface area contributed by atoms with Gasteiger partial charge in [-0.15, -0.1) is 0 Å². The highest BCUT2D eigenvalue weighted by atomic mass is 31.2. The fraction of sp³-hybridized carbons (Fsp3) is 0. The van der Waals surface area contributed by atoms with E-state index in [0.717, 1.165) is 0 Å². The molecule has 0 saturated carbocycles. The van der Waals surface area contributed by atoms with Gasteiger partial charge in [-0.05, 0) is 84.9 Å². The van der Waals surface area contributed by atoms with Crippen LogP contribution in [0.1, 0.15) is 20.7 Å². The zero-order valence-corrected chi connectivity index (χ0v) is 23.3. The number of carbonyl (C=O) groups is 3. The van der Waals surface area contributed by atoms with Crippen molar-refractivity contribution in [3.05, 3.63) is 108 Å². The Labute approximate surface area is 238 Å². The maximum Gasteiger partial charge on any atom is 0.356 e. The van der Waals surface area contributed by atoms with E-state index in [-0.39, 0.29) is 21.7 Å². The third-order valence-corrected chi connectivity index (χ3v) is 7.63. The summed E-state index contributed by atoms with van der Waals surface area (Å²) < 4.78 is 22.6. The third-order valence-electron chi connectivity index (χ3n) is 5.69. The van der Waals surface area contributed by atoms with Crippen LogP contribution >= 0.6 is 15.2 Å². The molecule has 0 saturated heterocycles. The quantitative estimate of drug-likeness (QED) is 0.137. The van der Waals surface area contributed by atoms with Crippen LogP contribution in [0.5, 0.6) is 0 Å². The van der Waals surface area contributed by atoms with Gasteiger partial charge in [0.25, 0.3) is 11.8 Å². The van der Waals surface area contributed by atoms with Gasteiger partial charge in [0.05, 0.1) is 10.6 Å². The molecule has 0 heterocycles. The molecule has 0 radical (unpaired) electrons. The van der Waals surface area contributed by atoms with Gasteiger partial charge in [0, 0.05) is 33.9 Å². The zero-order chi connectivity index (χ0) is 30.5. The van der Waals surface area contributed by atoms with E-state index >= 15 is 0 Å². The second kappa shape index (κ2) is 12.5. The van der Waals surface area contributed by atoms with Gasteiger partial charge in [-0.2, -0.15) is 0 Å². The second-order valence-corrected chi connectivity index (χ2v) is 12.0. The first-order chi connectivity index (χ1) is 19.8. The van der Waals surface area contributed by atoms with Gasteiger partial charge in [-0.1, -0.05) is 12.1 Å². The lowest BCUT2D eigenvalue weighted by molar-refractivity contribution is 0.101. The van der Waals surface area contributed by atoms with E-state index in [1.807, 2.05) is 0 Å². The maximum absolute atomic E-state index is 12.7. The topological polar surface area (TPSA) is 214 Å². The van der Waals surface area contributed by atoms with Gasteiger partial charge in [0.2, 0.25) is 0 Å². The SMILES string of the molecule is O=C(Nc1cccc(C(=O)Nc2ccc(P(=O)(O)O)cc2)c1)Nc1cccc(C(=O)Nc2ccc(P(=O)(O)O)cc2)c1. The van der Waals surface area contributed by atoms with Gasteiger partial charge in [-0.25, -0.2) is 4.79 Å². The minimum Gasteiger partial charge on any atom is -0.322 e. The summed E-state index contributed by atoms with van der Waals surface area (Å²) in [6.45, 7) is 0. The van der Waals surface area contributed by atoms with Crippen LogP contribution in [0, 0.1) is 0 Å². The molecule has 15 heteroatoms. The molecule has 0 fully saturated rings. The molecule has 0 aliphatic rings. The summed E-state index contributed by atoms with van der Waals surface area (Å²) in [5, 5.41) is 10.1. The fourth-order valence-electron chi connectivity index (χ4n) is 3.65. The van der Waals surface area contributed by atoms with Crippen LogP contribution in [0.15, 0.2) is 97.1 Å². The van der Waals surface area contributed by atoms with Gasteiger partial charge >= 0.3 is 21.2 Å². The highest BCUT2D eigenvalue weighted by Crippen LogP contribution is 2.34. The lowest BCUT2D eigenvalue weighted by atomic mass is 10.1. The monoisotopic (exact) mass is 610 g/mol. The average Bonchev–Trinajstić information content (AvgIpc) is 2.93. The Morgan fingerprint density at radius 2 is 0.833 bits per heavy atom. The van der Waals surface area contributed by atoms with Crippen LogP contribution in [0.25, 0.3) is 0 Å². The first-order valence-corrected chi connectivity index (χ1v) is 15.2. The third kappa shape index (κ3) is 8.21. The molecule has 0 aliphatic carbocycles. The second-order valence-electron chi connectivity index (χ2n) is 8.83. The molecule has 0 aromatic heterocycles. The highest BCUT2D eigenvalue weighted by Gasteiger charge is 2.18. The summed E-state index contributed by atoms with van der Waals surface area (Å²) >= 11 is 0. The molecule has 4 amide bonds. The Bertz CT molecular complexity index is 1610. The van der Waals surface area contributed by atoms with E-state index < -0.39 is 33.0 Å². The van der Waals surface area contributed by atoms with Crippen molar-refractivity contribution < 1.29 is 43.1 Å². The molecule has 42 heavy (non-hydrogen) atoms. The maximum atomic E-state index is 12.7. The van der Waals surface area contributed by atoms with Crippen LogP contribution in [0.4, 0.5) is 27.5 Å². The molecular formula is C27H24N4O9P2. The molecular weight excluding hydrogens is 586 g/mol. The summed E-state index contributed by atoms with van der Waals surface area (Å²) in [5.74, 6) is -1.03. The summed E-state index contributed by atoms with van der Waals surface area (Å²) in [7, 11) is -8.81. The van der Waals surface area contributed by atoms with Crippen molar-refractivity contribution in [3.8, 4) is 0 Å². The number of nitrogens with one attached hydrogen (secondary N) is 4. The number of carbonyl (C=O) groups excluding carboxylic acids is 3. The minimum absolute atomic E-state index is 0.181. The van der Waals surface area contributed by atoms with Crippen molar-refractivity contribution in [2.24, 2.45) is 0 Å².